The predicted octanol–water partition coefficient (Wildman–Crippen LogP) is 4.69. The first kappa shape index (κ1) is 18.6. The van der Waals surface area contributed by atoms with Gasteiger partial charge in [-0.05, 0) is 48.6 Å². The van der Waals surface area contributed by atoms with Gasteiger partial charge in [-0.25, -0.2) is 0 Å². The number of amides is 1. The lowest BCUT2D eigenvalue weighted by molar-refractivity contribution is 0.0726. The molecule has 0 N–H and O–H groups in total. The van der Waals surface area contributed by atoms with Crippen molar-refractivity contribution in [3.05, 3.63) is 65.4 Å². The number of ether oxygens (including phenoxy) is 1. The van der Waals surface area contributed by atoms with Crippen molar-refractivity contribution in [2.45, 2.75) is 39.2 Å². The quantitative estimate of drug-likeness (QED) is 0.599. The number of carbonyl (C=O) groups excluding carboxylic acids is 1. The Hall–Kier alpha value is -2.75. The monoisotopic (exact) mass is 376 g/mol. The summed E-state index contributed by atoms with van der Waals surface area (Å²) in [5.74, 6) is 1.02. The first-order valence-electron chi connectivity index (χ1n) is 10.2. The number of rotatable bonds is 7. The van der Waals surface area contributed by atoms with Gasteiger partial charge in [0.2, 0.25) is 0 Å². The molecule has 0 atom stereocenters. The number of nitrogens with zero attached hydrogens (tertiary/aromatic N) is 2. The largest absolute Gasteiger partial charge is 0.497 e. The van der Waals surface area contributed by atoms with Gasteiger partial charge in [-0.2, -0.15) is 0 Å². The molecule has 0 unspecified atom stereocenters. The zero-order chi connectivity index (χ0) is 19.5. The lowest BCUT2D eigenvalue weighted by Gasteiger charge is -2.28. The number of hydrogen-bond donors (Lipinski definition) is 0. The van der Waals surface area contributed by atoms with Gasteiger partial charge < -0.3 is 14.2 Å². The van der Waals surface area contributed by atoms with Crippen LogP contribution in [-0.2, 0) is 19.4 Å². The molecule has 4 heteroatoms. The third-order valence-corrected chi connectivity index (χ3v) is 5.75. The first-order chi connectivity index (χ1) is 13.7. The third-order valence-electron chi connectivity index (χ3n) is 5.75. The second kappa shape index (κ2) is 8.09. The second-order valence-corrected chi connectivity index (χ2v) is 7.49. The minimum atomic E-state index is 0.179. The van der Waals surface area contributed by atoms with Crippen molar-refractivity contribution in [3.8, 4) is 5.75 Å². The van der Waals surface area contributed by atoms with Gasteiger partial charge >= 0.3 is 0 Å². The van der Waals surface area contributed by atoms with Crippen LogP contribution in [0, 0.1) is 0 Å². The molecule has 0 bridgehead atoms. The summed E-state index contributed by atoms with van der Waals surface area (Å²) < 4.78 is 7.68. The van der Waals surface area contributed by atoms with Crippen LogP contribution < -0.4 is 4.74 Å². The molecule has 0 aliphatic carbocycles. The highest BCUT2D eigenvalue weighted by molar-refractivity contribution is 6.03. The highest BCUT2D eigenvalue weighted by Crippen LogP contribution is 2.33. The van der Waals surface area contributed by atoms with E-state index >= 15 is 0 Å². The molecule has 0 fully saturated rings. The molecule has 3 aromatic rings. The van der Waals surface area contributed by atoms with Crippen molar-refractivity contribution in [3.63, 3.8) is 0 Å². The highest BCUT2D eigenvalue weighted by Gasteiger charge is 2.30. The van der Waals surface area contributed by atoms with Crippen molar-refractivity contribution in [1.82, 2.24) is 9.47 Å². The zero-order valence-electron chi connectivity index (χ0n) is 16.8. The van der Waals surface area contributed by atoms with E-state index in [1.165, 1.54) is 11.1 Å². The summed E-state index contributed by atoms with van der Waals surface area (Å²) >= 11 is 0. The van der Waals surface area contributed by atoms with Crippen LogP contribution in [0.1, 0.15) is 41.4 Å². The van der Waals surface area contributed by atoms with Gasteiger partial charge in [0.25, 0.3) is 5.91 Å². The summed E-state index contributed by atoms with van der Waals surface area (Å²) in [4.78, 5) is 15.4. The van der Waals surface area contributed by atoms with E-state index in [9.17, 15) is 4.79 Å². The van der Waals surface area contributed by atoms with Gasteiger partial charge in [0.1, 0.15) is 11.4 Å². The lowest BCUT2D eigenvalue weighted by Crippen LogP contribution is -2.39. The maximum atomic E-state index is 13.4. The SMILES string of the molecule is CCCCN1CCc2c(n(CCc3ccccc3)c3ccc(OC)cc23)C1=O. The number of aromatic nitrogens is 1. The van der Waals surface area contributed by atoms with Crippen LogP contribution in [0.5, 0.6) is 5.75 Å². The smallest absolute Gasteiger partial charge is 0.270 e. The van der Waals surface area contributed by atoms with Crippen molar-refractivity contribution >= 4 is 16.8 Å². The molecule has 0 saturated heterocycles. The molecule has 4 rings (SSSR count). The van der Waals surface area contributed by atoms with Crippen LogP contribution in [0.25, 0.3) is 10.9 Å². The Balaban J connectivity index is 1.76. The van der Waals surface area contributed by atoms with Crippen LogP contribution in [0.3, 0.4) is 0 Å². The van der Waals surface area contributed by atoms with E-state index in [0.29, 0.717) is 0 Å². The van der Waals surface area contributed by atoms with E-state index in [2.05, 4.69) is 47.9 Å². The number of aryl methyl sites for hydroxylation is 2. The average Bonchev–Trinajstić information content (AvgIpc) is 3.06. The van der Waals surface area contributed by atoms with Crippen LogP contribution in [0.15, 0.2) is 48.5 Å². The summed E-state index contributed by atoms with van der Waals surface area (Å²) in [6.07, 6.45) is 3.97. The van der Waals surface area contributed by atoms with Crippen LogP contribution >= 0.6 is 0 Å². The Morgan fingerprint density at radius 3 is 2.64 bits per heavy atom. The van der Waals surface area contributed by atoms with E-state index < -0.39 is 0 Å². The number of benzene rings is 2. The Morgan fingerprint density at radius 1 is 1.07 bits per heavy atom. The van der Waals surface area contributed by atoms with Gasteiger partial charge in [-0.1, -0.05) is 43.7 Å². The zero-order valence-corrected chi connectivity index (χ0v) is 16.8. The maximum absolute atomic E-state index is 13.4. The molecule has 0 saturated carbocycles. The van der Waals surface area contributed by atoms with E-state index in [1.807, 2.05) is 17.0 Å². The predicted molar refractivity (Wildman–Crippen MR) is 113 cm³/mol. The van der Waals surface area contributed by atoms with E-state index in [1.54, 1.807) is 7.11 Å². The lowest BCUT2D eigenvalue weighted by atomic mass is 10.0. The molecule has 1 aliphatic heterocycles. The molecule has 1 aromatic heterocycles. The van der Waals surface area contributed by atoms with E-state index in [0.717, 1.165) is 67.7 Å². The summed E-state index contributed by atoms with van der Waals surface area (Å²) in [6, 6.07) is 16.7. The van der Waals surface area contributed by atoms with Crippen LogP contribution in [-0.4, -0.2) is 35.6 Å². The van der Waals surface area contributed by atoms with Gasteiger partial charge in [0.15, 0.2) is 0 Å². The highest BCUT2D eigenvalue weighted by atomic mass is 16.5. The van der Waals surface area contributed by atoms with Crippen molar-refractivity contribution in [2.24, 2.45) is 0 Å². The van der Waals surface area contributed by atoms with Crippen molar-refractivity contribution < 1.29 is 9.53 Å². The number of hydrogen-bond acceptors (Lipinski definition) is 2. The van der Waals surface area contributed by atoms with Crippen LogP contribution in [0.4, 0.5) is 0 Å². The molecule has 0 spiro atoms. The molecule has 146 valence electrons. The van der Waals surface area contributed by atoms with Crippen LogP contribution in [0.2, 0.25) is 0 Å². The second-order valence-electron chi connectivity index (χ2n) is 7.49. The molecule has 4 nitrogen and oxygen atoms in total. The van der Waals surface area contributed by atoms with Crippen molar-refractivity contribution in [1.29, 1.82) is 0 Å². The molecule has 2 heterocycles. The van der Waals surface area contributed by atoms with Crippen molar-refractivity contribution in [2.75, 3.05) is 20.2 Å². The fourth-order valence-electron chi connectivity index (χ4n) is 4.21. The van der Waals surface area contributed by atoms with Gasteiger partial charge in [-0.15, -0.1) is 0 Å². The first-order valence-corrected chi connectivity index (χ1v) is 10.2. The molecule has 0 radical (unpaired) electrons. The third kappa shape index (κ3) is 3.39. The summed E-state index contributed by atoms with van der Waals surface area (Å²) in [6.45, 7) is 4.62. The molecule has 1 aliphatic rings. The Morgan fingerprint density at radius 2 is 1.89 bits per heavy atom. The van der Waals surface area contributed by atoms with Gasteiger partial charge in [0, 0.05) is 30.5 Å². The molecular formula is C24H28N2O2. The fraction of sp³-hybridized carbons (Fsp3) is 0.375. The minimum absolute atomic E-state index is 0.179. The topological polar surface area (TPSA) is 34.5 Å². The Bertz CT molecular complexity index is 975. The number of fused-ring (bicyclic) bond motifs is 3. The summed E-state index contributed by atoms with van der Waals surface area (Å²) in [5.41, 5.74) is 4.48. The van der Waals surface area contributed by atoms with E-state index in [4.69, 9.17) is 4.74 Å². The minimum Gasteiger partial charge on any atom is -0.497 e. The van der Waals surface area contributed by atoms with E-state index in [-0.39, 0.29) is 5.91 Å². The average molecular weight is 377 g/mol. The van der Waals surface area contributed by atoms with Gasteiger partial charge in [0.05, 0.1) is 7.11 Å². The molecule has 28 heavy (non-hydrogen) atoms. The number of carbonyl (C=O) groups is 1. The Kier molecular flexibility index (Phi) is 5.38. The molecular weight excluding hydrogens is 348 g/mol. The number of methoxy groups -OCH3 is 1. The summed E-state index contributed by atoms with van der Waals surface area (Å²) in [5, 5.41) is 1.16. The normalized spacial score (nSPS) is 13.8. The standard InChI is InChI=1S/C24H28N2O2/c1-3-4-14-25-15-13-20-21-17-19(28-2)10-11-22(21)26(23(20)24(25)27)16-12-18-8-6-5-7-9-18/h5-11,17H,3-4,12-16H2,1-2H3. The molecule has 1 amide bonds. The maximum Gasteiger partial charge on any atom is 0.270 e. The summed E-state index contributed by atoms with van der Waals surface area (Å²) in [7, 11) is 1.69. The number of unbranched alkanes of at least 4 members (excludes halogenated alkanes) is 1. The molecule has 2 aromatic carbocycles. The Labute approximate surface area is 166 Å². The fourth-order valence-corrected chi connectivity index (χ4v) is 4.21. The van der Waals surface area contributed by atoms with Gasteiger partial charge in [-0.3, -0.25) is 4.79 Å².